The third-order valence-electron chi connectivity index (χ3n) is 4.17. The van der Waals surface area contributed by atoms with E-state index in [2.05, 4.69) is 15.5 Å². The number of carbonyl (C=O) groups is 1. The van der Waals surface area contributed by atoms with E-state index in [1.807, 2.05) is 51.5 Å². The van der Waals surface area contributed by atoms with Gasteiger partial charge in [-0.25, -0.2) is 9.52 Å². The first-order chi connectivity index (χ1) is 13.0. The standard InChI is InChI=1S/C19H26N4O4S/c1-11(2)15-7-13(5)8-16(12(3)4)18(15)21-19(24)23-28(25,26)17-9-14(27-6)10-20-22-17/h7-12H,1-6H3,(H2,21,23,24). The molecule has 2 rings (SSSR count). The molecule has 0 atom stereocenters. The van der Waals surface area contributed by atoms with E-state index in [0.29, 0.717) is 5.69 Å². The summed E-state index contributed by atoms with van der Waals surface area (Å²) in [5.41, 5.74) is 3.59. The van der Waals surface area contributed by atoms with E-state index in [4.69, 9.17) is 4.74 Å². The Balaban J connectivity index is 2.34. The topological polar surface area (TPSA) is 110 Å². The molecule has 0 saturated heterocycles. The van der Waals surface area contributed by atoms with E-state index in [9.17, 15) is 13.2 Å². The fourth-order valence-electron chi connectivity index (χ4n) is 2.79. The number of aryl methyl sites for hydroxylation is 1. The maximum atomic E-state index is 12.5. The van der Waals surface area contributed by atoms with Gasteiger partial charge in [0, 0.05) is 11.8 Å². The molecule has 8 nitrogen and oxygen atoms in total. The smallest absolute Gasteiger partial charge is 0.333 e. The lowest BCUT2D eigenvalue weighted by molar-refractivity contribution is 0.256. The summed E-state index contributed by atoms with van der Waals surface area (Å²) < 4.78 is 31.9. The maximum absolute atomic E-state index is 12.5. The first-order valence-electron chi connectivity index (χ1n) is 8.90. The van der Waals surface area contributed by atoms with Crippen LogP contribution in [0.1, 0.15) is 56.2 Å². The van der Waals surface area contributed by atoms with Gasteiger partial charge in [0.05, 0.1) is 13.3 Å². The summed E-state index contributed by atoms with van der Waals surface area (Å²) >= 11 is 0. The summed E-state index contributed by atoms with van der Waals surface area (Å²) in [7, 11) is -2.82. The number of hydrogen-bond acceptors (Lipinski definition) is 6. The second-order valence-electron chi connectivity index (χ2n) is 7.12. The Morgan fingerprint density at radius 3 is 2.14 bits per heavy atom. The van der Waals surface area contributed by atoms with Gasteiger partial charge in [0.1, 0.15) is 5.75 Å². The molecule has 0 bridgehead atoms. The normalized spacial score (nSPS) is 11.6. The molecule has 0 aliphatic rings. The summed E-state index contributed by atoms with van der Waals surface area (Å²) in [6, 6.07) is 4.31. The minimum Gasteiger partial charge on any atom is -0.495 e. The summed E-state index contributed by atoms with van der Waals surface area (Å²) in [5.74, 6) is 0.514. The Bertz CT molecular complexity index is 943. The van der Waals surface area contributed by atoms with Gasteiger partial charge in [0.15, 0.2) is 0 Å². The lowest BCUT2D eigenvalue weighted by Crippen LogP contribution is -2.35. The largest absolute Gasteiger partial charge is 0.495 e. The van der Waals surface area contributed by atoms with Crippen molar-refractivity contribution >= 4 is 21.7 Å². The highest BCUT2D eigenvalue weighted by atomic mass is 32.2. The molecule has 2 aromatic rings. The second-order valence-corrected chi connectivity index (χ2v) is 8.75. The Labute approximate surface area is 165 Å². The molecule has 1 aromatic heterocycles. The first-order valence-corrected chi connectivity index (χ1v) is 10.4. The molecule has 28 heavy (non-hydrogen) atoms. The Morgan fingerprint density at radius 2 is 1.64 bits per heavy atom. The van der Waals surface area contributed by atoms with Gasteiger partial charge in [-0.15, -0.1) is 5.10 Å². The second kappa shape index (κ2) is 8.55. The number of nitrogens with zero attached hydrogens (tertiary/aromatic N) is 2. The Kier molecular flexibility index (Phi) is 6.60. The number of anilines is 1. The van der Waals surface area contributed by atoms with Crippen LogP contribution >= 0.6 is 0 Å². The summed E-state index contributed by atoms with van der Waals surface area (Å²) in [6.07, 6.45) is 1.27. The van der Waals surface area contributed by atoms with Crippen LogP contribution in [0.4, 0.5) is 10.5 Å². The van der Waals surface area contributed by atoms with Crippen molar-refractivity contribution in [3.8, 4) is 5.75 Å². The molecule has 0 unspecified atom stereocenters. The lowest BCUT2D eigenvalue weighted by atomic mass is 9.90. The molecule has 2 amide bonds. The minimum atomic E-state index is -4.20. The zero-order valence-corrected chi connectivity index (χ0v) is 17.7. The van der Waals surface area contributed by atoms with Crippen molar-refractivity contribution in [3.63, 3.8) is 0 Å². The fraction of sp³-hybridized carbons (Fsp3) is 0.421. The van der Waals surface area contributed by atoms with Crippen LogP contribution in [0.25, 0.3) is 0 Å². The predicted octanol–water partition coefficient (Wildman–Crippen LogP) is 3.55. The molecule has 0 aliphatic carbocycles. The number of nitrogens with one attached hydrogen (secondary N) is 2. The summed E-state index contributed by atoms with van der Waals surface area (Å²) in [4.78, 5) is 12.5. The molecule has 0 spiro atoms. The van der Waals surface area contributed by atoms with Crippen LogP contribution in [-0.4, -0.2) is 31.8 Å². The minimum absolute atomic E-state index is 0.147. The van der Waals surface area contributed by atoms with Crippen LogP contribution in [0.3, 0.4) is 0 Å². The van der Waals surface area contributed by atoms with Crippen molar-refractivity contribution < 1.29 is 17.9 Å². The molecule has 152 valence electrons. The summed E-state index contributed by atoms with van der Waals surface area (Å²) in [6.45, 7) is 10.1. The fourth-order valence-corrected chi connectivity index (χ4v) is 3.61. The quantitative estimate of drug-likeness (QED) is 0.759. The molecular weight excluding hydrogens is 380 g/mol. The molecule has 2 N–H and O–H groups in total. The van der Waals surface area contributed by atoms with Gasteiger partial charge >= 0.3 is 6.03 Å². The average Bonchev–Trinajstić information content (AvgIpc) is 2.62. The number of amides is 2. The van der Waals surface area contributed by atoms with E-state index in [1.165, 1.54) is 19.4 Å². The molecule has 9 heteroatoms. The van der Waals surface area contributed by atoms with Crippen LogP contribution in [0.5, 0.6) is 5.75 Å². The molecule has 1 aromatic carbocycles. The van der Waals surface area contributed by atoms with Gasteiger partial charge in [-0.05, 0) is 29.9 Å². The van der Waals surface area contributed by atoms with Gasteiger partial charge in [-0.1, -0.05) is 45.4 Å². The van der Waals surface area contributed by atoms with Crippen molar-refractivity contribution in [3.05, 3.63) is 41.1 Å². The van der Waals surface area contributed by atoms with E-state index in [-0.39, 0.29) is 17.6 Å². The third-order valence-corrected chi connectivity index (χ3v) is 5.38. The number of benzene rings is 1. The number of urea groups is 1. The van der Waals surface area contributed by atoms with E-state index >= 15 is 0 Å². The zero-order valence-electron chi connectivity index (χ0n) is 16.9. The van der Waals surface area contributed by atoms with Gasteiger partial charge < -0.3 is 10.1 Å². The van der Waals surface area contributed by atoms with E-state index in [0.717, 1.165) is 16.7 Å². The van der Waals surface area contributed by atoms with E-state index < -0.39 is 21.1 Å². The third kappa shape index (κ3) is 4.98. The maximum Gasteiger partial charge on any atom is 0.333 e. The van der Waals surface area contributed by atoms with Crippen LogP contribution < -0.4 is 14.8 Å². The van der Waals surface area contributed by atoms with Crippen molar-refractivity contribution in [2.45, 2.75) is 51.5 Å². The van der Waals surface area contributed by atoms with Crippen LogP contribution in [0.15, 0.2) is 29.4 Å². The number of carbonyl (C=O) groups excluding carboxylic acids is 1. The van der Waals surface area contributed by atoms with Crippen LogP contribution in [-0.2, 0) is 10.0 Å². The molecule has 1 heterocycles. The first kappa shape index (κ1) is 21.6. The average molecular weight is 407 g/mol. The van der Waals surface area contributed by atoms with Gasteiger partial charge in [-0.3, -0.25) is 0 Å². The van der Waals surface area contributed by atoms with Gasteiger partial charge in [0.2, 0.25) is 5.03 Å². The van der Waals surface area contributed by atoms with E-state index in [1.54, 1.807) is 0 Å². The van der Waals surface area contributed by atoms with Crippen molar-refractivity contribution in [2.24, 2.45) is 0 Å². The number of sulfonamides is 1. The highest BCUT2D eigenvalue weighted by Crippen LogP contribution is 2.33. The lowest BCUT2D eigenvalue weighted by Gasteiger charge is -2.21. The summed E-state index contributed by atoms with van der Waals surface area (Å²) in [5, 5.41) is 9.44. The Morgan fingerprint density at radius 1 is 1.07 bits per heavy atom. The zero-order chi connectivity index (χ0) is 21.1. The van der Waals surface area contributed by atoms with Crippen LogP contribution in [0, 0.1) is 6.92 Å². The monoisotopic (exact) mass is 406 g/mol. The highest BCUT2D eigenvalue weighted by molar-refractivity contribution is 7.90. The Hall–Kier alpha value is -2.68. The van der Waals surface area contributed by atoms with Crippen molar-refractivity contribution in [1.82, 2.24) is 14.9 Å². The van der Waals surface area contributed by atoms with Crippen molar-refractivity contribution in [2.75, 3.05) is 12.4 Å². The predicted molar refractivity (Wildman–Crippen MR) is 107 cm³/mol. The number of aromatic nitrogens is 2. The molecular formula is C19H26N4O4S. The molecule has 0 fully saturated rings. The number of hydrogen-bond donors (Lipinski definition) is 2. The van der Waals surface area contributed by atoms with Crippen LogP contribution in [0.2, 0.25) is 0 Å². The molecule has 0 aliphatic heterocycles. The molecule has 0 saturated carbocycles. The number of methoxy groups -OCH3 is 1. The number of ether oxygens (including phenoxy) is 1. The SMILES string of the molecule is COc1cnnc(S(=O)(=O)NC(=O)Nc2c(C(C)C)cc(C)cc2C(C)C)c1. The number of rotatable bonds is 6. The van der Waals surface area contributed by atoms with Gasteiger partial charge in [-0.2, -0.15) is 13.5 Å². The molecule has 0 radical (unpaired) electrons. The highest BCUT2D eigenvalue weighted by Gasteiger charge is 2.23. The van der Waals surface area contributed by atoms with Gasteiger partial charge in [0.25, 0.3) is 10.0 Å². The van der Waals surface area contributed by atoms with Crippen molar-refractivity contribution in [1.29, 1.82) is 0 Å².